The standard InChI is InChI=1S/C17H28N2O2/c1-4-18-15(14-8-12(2)7-13(3)9-14)5-6-19-10-16(20)17(21)11-19/h7-9,15-18,20-21H,4-6,10-11H2,1-3H3. The highest BCUT2D eigenvalue weighted by atomic mass is 16.3. The van der Waals surface area contributed by atoms with E-state index in [1.165, 1.54) is 16.7 Å². The summed E-state index contributed by atoms with van der Waals surface area (Å²) < 4.78 is 0. The number of aliphatic hydroxyl groups excluding tert-OH is 2. The molecule has 1 aromatic carbocycles. The summed E-state index contributed by atoms with van der Waals surface area (Å²) in [6.07, 6.45) is -0.205. The molecule has 1 aromatic rings. The van der Waals surface area contributed by atoms with Crippen LogP contribution in [0.1, 0.15) is 36.1 Å². The highest BCUT2D eigenvalue weighted by molar-refractivity contribution is 5.30. The van der Waals surface area contributed by atoms with E-state index in [-0.39, 0.29) is 0 Å². The fourth-order valence-electron chi connectivity index (χ4n) is 3.19. The van der Waals surface area contributed by atoms with Crippen molar-refractivity contribution in [1.82, 2.24) is 10.2 Å². The summed E-state index contributed by atoms with van der Waals surface area (Å²) in [6.45, 7) is 9.36. The van der Waals surface area contributed by atoms with E-state index in [9.17, 15) is 10.2 Å². The lowest BCUT2D eigenvalue weighted by Crippen LogP contribution is -2.29. The van der Waals surface area contributed by atoms with Crippen molar-refractivity contribution in [3.63, 3.8) is 0 Å². The quantitative estimate of drug-likeness (QED) is 0.741. The monoisotopic (exact) mass is 292 g/mol. The first-order valence-electron chi connectivity index (χ1n) is 7.89. The van der Waals surface area contributed by atoms with Crippen LogP contribution in [0.15, 0.2) is 18.2 Å². The molecule has 3 N–H and O–H groups in total. The molecule has 3 unspecified atom stereocenters. The lowest BCUT2D eigenvalue weighted by molar-refractivity contribution is 0.0572. The minimum atomic E-state index is -0.594. The van der Waals surface area contributed by atoms with Crippen molar-refractivity contribution >= 4 is 0 Å². The van der Waals surface area contributed by atoms with Gasteiger partial charge >= 0.3 is 0 Å². The Bertz CT molecular complexity index is 434. The minimum Gasteiger partial charge on any atom is -0.389 e. The largest absolute Gasteiger partial charge is 0.389 e. The summed E-state index contributed by atoms with van der Waals surface area (Å²) in [5, 5.41) is 22.8. The van der Waals surface area contributed by atoms with Gasteiger partial charge in [0.1, 0.15) is 0 Å². The number of β-amino-alcohol motifs (C(OH)–C–C–N with tert-alkyl or cyclic N) is 2. The number of aryl methyl sites for hydroxylation is 2. The Morgan fingerprint density at radius 1 is 1.14 bits per heavy atom. The van der Waals surface area contributed by atoms with Gasteiger partial charge in [-0.3, -0.25) is 4.90 Å². The zero-order valence-electron chi connectivity index (χ0n) is 13.3. The summed E-state index contributed by atoms with van der Waals surface area (Å²) in [4.78, 5) is 2.14. The molecule has 2 rings (SSSR count). The summed E-state index contributed by atoms with van der Waals surface area (Å²) in [5.41, 5.74) is 3.91. The normalized spacial score (nSPS) is 24.4. The van der Waals surface area contributed by atoms with Gasteiger partial charge in [0.2, 0.25) is 0 Å². The highest BCUT2D eigenvalue weighted by Gasteiger charge is 2.29. The Morgan fingerprint density at radius 2 is 1.71 bits per heavy atom. The lowest BCUT2D eigenvalue weighted by atomic mass is 9.99. The maximum absolute atomic E-state index is 9.62. The van der Waals surface area contributed by atoms with E-state index in [2.05, 4.69) is 49.2 Å². The third kappa shape index (κ3) is 4.51. The summed E-state index contributed by atoms with van der Waals surface area (Å²) in [5.74, 6) is 0. The molecular formula is C17H28N2O2. The second-order valence-electron chi connectivity index (χ2n) is 6.21. The average Bonchev–Trinajstić information content (AvgIpc) is 2.72. The van der Waals surface area contributed by atoms with Gasteiger partial charge in [0, 0.05) is 25.7 Å². The zero-order valence-corrected chi connectivity index (χ0v) is 13.3. The molecule has 4 nitrogen and oxygen atoms in total. The van der Waals surface area contributed by atoms with Crippen LogP contribution in [0.5, 0.6) is 0 Å². The Labute approximate surface area is 127 Å². The van der Waals surface area contributed by atoms with Gasteiger partial charge in [0.25, 0.3) is 0 Å². The van der Waals surface area contributed by atoms with E-state index in [0.29, 0.717) is 19.1 Å². The van der Waals surface area contributed by atoms with E-state index in [0.717, 1.165) is 19.5 Å². The Kier molecular flexibility index (Phi) is 5.76. The molecule has 1 heterocycles. The van der Waals surface area contributed by atoms with Crippen LogP contribution in [0.25, 0.3) is 0 Å². The number of aliphatic hydroxyl groups is 2. The lowest BCUT2D eigenvalue weighted by Gasteiger charge is -2.23. The van der Waals surface area contributed by atoms with Crippen LogP contribution in [0.4, 0.5) is 0 Å². The van der Waals surface area contributed by atoms with Gasteiger partial charge in [-0.25, -0.2) is 0 Å². The van der Waals surface area contributed by atoms with E-state index in [4.69, 9.17) is 0 Å². The van der Waals surface area contributed by atoms with Crippen molar-refractivity contribution in [1.29, 1.82) is 0 Å². The van der Waals surface area contributed by atoms with Crippen molar-refractivity contribution in [3.8, 4) is 0 Å². The molecule has 1 saturated heterocycles. The molecule has 0 saturated carbocycles. The summed E-state index contributed by atoms with van der Waals surface area (Å²) >= 11 is 0. The number of likely N-dealkylation sites (tertiary alicyclic amines) is 1. The van der Waals surface area contributed by atoms with Crippen LogP contribution >= 0.6 is 0 Å². The molecule has 0 radical (unpaired) electrons. The SMILES string of the molecule is CCNC(CCN1CC(O)C(O)C1)c1cc(C)cc(C)c1. The summed E-state index contributed by atoms with van der Waals surface area (Å²) in [7, 11) is 0. The van der Waals surface area contributed by atoms with Gasteiger partial charge in [-0.15, -0.1) is 0 Å². The van der Waals surface area contributed by atoms with Crippen LogP contribution in [0, 0.1) is 13.8 Å². The van der Waals surface area contributed by atoms with Crippen LogP contribution in [0.3, 0.4) is 0 Å². The third-order valence-corrected chi connectivity index (χ3v) is 4.17. The van der Waals surface area contributed by atoms with Crippen molar-refractivity contribution in [2.75, 3.05) is 26.2 Å². The number of nitrogens with zero attached hydrogens (tertiary/aromatic N) is 1. The van der Waals surface area contributed by atoms with Crippen molar-refractivity contribution in [2.24, 2.45) is 0 Å². The Morgan fingerprint density at radius 3 is 2.24 bits per heavy atom. The molecule has 21 heavy (non-hydrogen) atoms. The third-order valence-electron chi connectivity index (χ3n) is 4.17. The Hall–Kier alpha value is -0.940. The number of rotatable bonds is 6. The molecule has 3 atom stereocenters. The predicted molar refractivity (Wildman–Crippen MR) is 85.4 cm³/mol. The molecule has 0 aromatic heterocycles. The first-order valence-corrected chi connectivity index (χ1v) is 7.89. The van der Waals surface area contributed by atoms with Gasteiger partial charge in [0.15, 0.2) is 0 Å². The fraction of sp³-hybridized carbons (Fsp3) is 0.647. The second kappa shape index (κ2) is 7.36. The summed E-state index contributed by atoms with van der Waals surface area (Å²) in [6, 6.07) is 7.00. The number of benzene rings is 1. The molecule has 0 amide bonds. The van der Waals surface area contributed by atoms with Crippen molar-refractivity contribution in [3.05, 3.63) is 34.9 Å². The fourth-order valence-corrected chi connectivity index (χ4v) is 3.19. The average molecular weight is 292 g/mol. The van der Waals surface area contributed by atoms with Crippen LogP contribution < -0.4 is 5.32 Å². The molecule has 1 aliphatic rings. The van der Waals surface area contributed by atoms with Crippen LogP contribution in [0.2, 0.25) is 0 Å². The molecule has 0 spiro atoms. The molecule has 118 valence electrons. The molecule has 1 fully saturated rings. The molecule has 4 heteroatoms. The van der Waals surface area contributed by atoms with Gasteiger partial charge in [-0.2, -0.15) is 0 Å². The topological polar surface area (TPSA) is 55.7 Å². The zero-order chi connectivity index (χ0) is 15.4. The van der Waals surface area contributed by atoms with E-state index < -0.39 is 12.2 Å². The van der Waals surface area contributed by atoms with Gasteiger partial charge in [-0.05, 0) is 32.4 Å². The molecule has 1 aliphatic heterocycles. The van der Waals surface area contributed by atoms with Crippen molar-refractivity contribution < 1.29 is 10.2 Å². The van der Waals surface area contributed by atoms with E-state index >= 15 is 0 Å². The van der Waals surface area contributed by atoms with E-state index in [1.54, 1.807) is 0 Å². The first kappa shape index (κ1) is 16.4. The van der Waals surface area contributed by atoms with Gasteiger partial charge < -0.3 is 15.5 Å². The van der Waals surface area contributed by atoms with Crippen molar-refractivity contribution in [2.45, 2.75) is 45.4 Å². The number of hydrogen-bond donors (Lipinski definition) is 3. The molecule has 0 aliphatic carbocycles. The maximum atomic E-state index is 9.62. The first-order chi connectivity index (χ1) is 9.99. The highest BCUT2D eigenvalue weighted by Crippen LogP contribution is 2.21. The number of hydrogen-bond acceptors (Lipinski definition) is 4. The molecular weight excluding hydrogens is 264 g/mol. The van der Waals surface area contributed by atoms with Gasteiger partial charge in [-0.1, -0.05) is 36.2 Å². The predicted octanol–water partition coefficient (Wildman–Crippen LogP) is 1.38. The maximum Gasteiger partial charge on any atom is 0.0938 e. The van der Waals surface area contributed by atoms with E-state index in [1.807, 2.05) is 0 Å². The minimum absolute atomic E-state index is 0.323. The van der Waals surface area contributed by atoms with Crippen LogP contribution in [-0.4, -0.2) is 53.5 Å². The Balaban J connectivity index is 1.99. The smallest absolute Gasteiger partial charge is 0.0938 e. The van der Waals surface area contributed by atoms with Crippen LogP contribution in [-0.2, 0) is 0 Å². The molecule has 0 bridgehead atoms. The second-order valence-corrected chi connectivity index (χ2v) is 6.21. The van der Waals surface area contributed by atoms with Gasteiger partial charge in [0.05, 0.1) is 12.2 Å². The number of nitrogens with one attached hydrogen (secondary N) is 1.